The van der Waals surface area contributed by atoms with Gasteiger partial charge in [0, 0.05) is 29.3 Å². The molecule has 0 aliphatic heterocycles. The second kappa shape index (κ2) is 9.90. The van der Waals surface area contributed by atoms with Crippen molar-refractivity contribution in [2.75, 3.05) is 4.90 Å². The molecular weight excluding hydrogens is 462 g/mol. The van der Waals surface area contributed by atoms with Gasteiger partial charge in [0.05, 0.1) is 17.6 Å². The van der Waals surface area contributed by atoms with Crippen LogP contribution in [0.2, 0.25) is 0 Å². The SMILES string of the molecule is c1ccc(-c2ccc(N(c3ccc(-c4ccncc4)cc3)c3ccc(C4CC5CCC4C5)cc3)cn2)cc1. The van der Waals surface area contributed by atoms with Crippen molar-refractivity contribution < 1.29 is 0 Å². The molecule has 0 amide bonds. The van der Waals surface area contributed by atoms with Crippen LogP contribution in [-0.4, -0.2) is 9.97 Å². The molecule has 3 atom stereocenters. The Morgan fingerprint density at radius 2 is 1.26 bits per heavy atom. The average Bonchev–Trinajstić information content (AvgIpc) is 3.64. The van der Waals surface area contributed by atoms with Crippen molar-refractivity contribution >= 4 is 17.1 Å². The van der Waals surface area contributed by atoms with Gasteiger partial charge in [-0.25, -0.2) is 0 Å². The lowest BCUT2D eigenvalue weighted by Crippen LogP contribution is -2.12. The topological polar surface area (TPSA) is 29.0 Å². The molecule has 2 aromatic heterocycles. The maximum atomic E-state index is 4.84. The molecule has 186 valence electrons. The van der Waals surface area contributed by atoms with Gasteiger partial charge < -0.3 is 4.90 Å². The van der Waals surface area contributed by atoms with E-state index in [0.717, 1.165) is 46.1 Å². The van der Waals surface area contributed by atoms with Crippen LogP contribution >= 0.6 is 0 Å². The van der Waals surface area contributed by atoms with Crippen molar-refractivity contribution in [1.82, 2.24) is 9.97 Å². The number of benzene rings is 3. The molecule has 3 heteroatoms. The van der Waals surface area contributed by atoms with Gasteiger partial charge in [-0.3, -0.25) is 9.97 Å². The highest BCUT2D eigenvalue weighted by atomic mass is 15.1. The maximum absolute atomic E-state index is 4.84. The summed E-state index contributed by atoms with van der Waals surface area (Å²) in [5, 5.41) is 0. The van der Waals surface area contributed by atoms with E-state index in [4.69, 9.17) is 4.98 Å². The van der Waals surface area contributed by atoms with E-state index in [0.29, 0.717) is 0 Å². The van der Waals surface area contributed by atoms with Gasteiger partial charge in [-0.15, -0.1) is 0 Å². The minimum absolute atomic E-state index is 0.739. The Morgan fingerprint density at radius 1 is 0.579 bits per heavy atom. The Kier molecular flexibility index (Phi) is 5.97. The molecule has 5 aromatic rings. The molecule has 2 aliphatic carbocycles. The molecule has 0 spiro atoms. The van der Waals surface area contributed by atoms with Crippen LogP contribution in [0.1, 0.15) is 37.2 Å². The van der Waals surface area contributed by atoms with Crippen LogP contribution in [0.25, 0.3) is 22.4 Å². The Hall–Kier alpha value is -4.24. The van der Waals surface area contributed by atoms with Crippen molar-refractivity contribution in [2.24, 2.45) is 11.8 Å². The monoisotopic (exact) mass is 493 g/mol. The van der Waals surface area contributed by atoms with E-state index >= 15 is 0 Å². The Bertz CT molecular complexity index is 1410. The van der Waals surface area contributed by atoms with Crippen molar-refractivity contribution in [3.8, 4) is 22.4 Å². The van der Waals surface area contributed by atoms with Gasteiger partial charge in [0.15, 0.2) is 0 Å². The van der Waals surface area contributed by atoms with Crippen LogP contribution < -0.4 is 4.90 Å². The number of hydrogen-bond donors (Lipinski definition) is 0. The average molecular weight is 494 g/mol. The highest BCUT2D eigenvalue weighted by Gasteiger charge is 2.40. The summed E-state index contributed by atoms with van der Waals surface area (Å²) in [4.78, 5) is 11.3. The molecule has 2 heterocycles. The normalized spacial score (nSPS) is 19.9. The molecule has 0 N–H and O–H groups in total. The molecule has 2 saturated carbocycles. The predicted molar refractivity (Wildman–Crippen MR) is 156 cm³/mol. The van der Waals surface area contributed by atoms with Crippen molar-refractivity contribution in [3.05, 3.63) is 127 Å². The largest absolute Gasteiger partial charge is 0.309 e. The number of rotatable bonds is 6. The van der Waals surface area contributed by atoms with Crippen molar-refractivity contribution in [3.63, 3.8) is 0 Å². The summed E-state index contributed by atoms with van der Waals surface area (Å²) in [5.74, 6) is 2.58. The summed E-state index contributed by atoms with van der Waals surface area (Å²) < 4.78 is 0. The van der Waals surface area contributed by atoms with E-state index in [1.807, 2.05) is 36.8 Å². The summed E-state index contributed by atoms with van der Waals surface area (Å²) in [6, 6.07) is 36.8. The first-order chi connectivity index (χ1) is 18.8. The van der Waals surface area contributed by atoms with Crippen LogP contribution in [0.5, 0.6) is 0 Å². The van der Waals surface area contributed by atoms with E-state index < -0.39 is 0 Å². The molecule has 3 aromatic carbocycles. The van der Waals surface area contributed by atoms with Crippen molar-refractivity contribution in [1.29, 1.82) is 0 Å². The highest BCUT2D eigenvalue weighted by molar-refractivity contribution is 5.78. The summed E-state index contributed by atoms with van der Waals surface area (Å²) in [5.41, 5.74) is 9.28. The third-order valence-corrected chi connectivity index (χ3v) is 8.53. The minimum atomic E-state index is 0.739. The van der Waals surface area contributed by atoms with Crippen LogP contribution in [0, 0.1) is 11.8 Å². The molecule has 38 heavy (non-hydrogen) atoms. The molecule has 0 saturated heterocycles. The minimum Gasteiger partial charge on any atom is -0.309 e. The van der Waals surface area contributed by atoms with Gasteiger partial charge in [0.1, 0.15) is 0 Å². The Labute approximate surface area is 224 Å². The molecule has 0 radical (unpaired) electrons. The Balaban J connectivity index is 1.24. The molecule has 2 fully saturated rings. The fourth-order valence-electron chi connectivity index (χ4n) is 6.62. The van der Waals surface area contributed by atoms with Crippen LogP contribution in [-0.2, 0) is 0 Å². The van der Waals surface area contributed by atoms with E-state index in [1.54, 1.807) is 0 Å². The first-order valence-corrected chi connectivity index (χ1v) is 13.7. The lowest BCUT2D eigenvalue weighted by molar-refractivity contribution is 0.420. The first-order valence-electron chi connectivity index (χ1n) is 13.7. The number of fused-ring (bicyclic) bond motifs is 2. The van der Waals surface area contributed by atoms with Crippen LogP contribution in [0.3, 0.4) is 0 Å². The quantitative estimate of drug-likeness (QED) is 0.236. The second-order valence-corrected chi connectivity index (χ2v) is 10.8. The van der Waals surface area contributed by atoms with Gasteiger partial charge >= 0.3 is 0 Å². The van der Waals surface area contributed by atoms with Gasteiger partial charge in [-0.2, -0.15) is 0 Å². The molecule has 2 bridgehead atoms. The van der Waals surface area contributed by atoms with Gasteiger partial charge in [-0.1, -0.05) is 61.0 Å². The van der Waals surface area contributed by atoms with Crippen molar-refractivity contribution in [2.45, 2.75) is 31.6 Å². The first kappa shape index (κ1) is 22.9. The fraction of sp³-hybridized carbons (Fsp3) is 0.200. The smallest absolute Gasteiger partial charge is 0.0703 e. The summed E-state index contributed by atoms with van der Waals surface area (Å²) in [6.07, 6.45) is 11.3. The highest BCUT2D eigenvalue weighted by Crippen LogP contribution is 2.53. The fourth-order valence-corrected chi connectivity index (χ4v) is 6.62. The Morgan fingerprint density at radius 3 is 1.89 bits per heavy atom. The zero-order valence-corrected chi connectivity index (χ0v) is 21.4. The molecular formula is C35H31N3. The standard InChI is InChI=1S/C35H31N3/c1-2-4-29(5-3-1)35-17-16-33(24-37-35)38(31-12-8-26(9-13-31)27-18-20-36-21-19-27)32-14-10-28(11-15-32)34-23-25-6-7-30(34)22-25/h1-5,8-21,24-25,30,34H,6-7,22-23H2. The zero-order valence-electron chi connectivity index (χ0n) is 21.4. The van der Waals surface area contributed by atoms with Gasteiger partial charge in [0.2, 0.25) is 0 Å². The van der Waals surface area contributed by atoms with E-state index in [9.17, 15) is 0 Å². The molecule has 7 rings (SSSR count). The summed E-state index contributed by atoms with van der Waals surface area (Å²) in [7, 11) is 0. The maximum Gasteiger partial charge on any atom is 0.0703 e. The lowest BCUT2D eigenvalue weighted by Gasteiger charge is -2.27. The van der Waals surface area contributed by atoms with Crippen LogP contribution in [0.4, 0.5) is 17.1 Å². The predicted octanol–water partition coefficient (Wildman–Crippen LogP) is 9.18. The number of nitrogens with zero attached hydrogens (tertiary/aromatic N) is 3. The van der Waals surface area contributed by atoms with Gasteiger partial charge in [-0.05, 0) is 102 Å². The lowest BCUT2D eigenvalue weighted by atomic mass is 9.83. The summed E-state index contributed by atoms with van der Waals surface area (Å²) in [6.45, 7) is 0. The number of aromatic nitrogens is 2. The second-order valence-electron chi connectivity index (χ2n) is 10.8. The third kappa shape index (κ3) is 4.39. The third-order valence-electron chi connectivity index (χ3n) is 8.53. The molecule has 3 nitrogen and oxygen atoms in total. The van der Waals surface area contributed by atoms with E-state index in [-0.39, 0.29) is 0 Å². The van der Waals surface area contributed by atoms with Crippen LogP contribution in [0.15, 0.2) is 122 Å². The zero-order chi connectivity index (χ0) is 25.3. The molecule has 2 aliphatic rings. The number of hydrogen-bond acceptors (Lipinski definition) is 3. The summed E-state index contributed by atoms with van der Waals surface area (Å²) >= 11 is 0. The molecule has 3 unspecified atom stereocenters. The van der Waals surface area contributed by atoms with E-state index in [2.05, 4.69) is 94.8 Å². The number of pyridine rings is 2. The van der Waals surface area contributed by atoms with E-state index in [1.165, 1.54) is 42.4 Å². The number of anilines is 3. The van der Waals surface area contributed by atoms with Gasteiger partial charge in [0.25, 0.3) is 0 Å².